The summed E-state index contributed by atoms with van der Waals surface area (Å²) in [6.45, 7) is -1.19. The highest BCUT2D eigenvalue weighted by atomic mass is 32.1. The van der Waals surface area contributed by atoms with E-state index in [2.05, 4.69) is 10.6 Å². The number of thiophene rings is 2. The maximum absolute atomic E-state index is 13.5. The average molecular weight is 989 g/mol. The van der Waals surface area contributed by atoms with E-state index in [1.54, 1.807) is 66.7 Å². The summed E-state index contributed by atoms with van der Waals surface area (Å²) in [4.78, 5) is 91.5. The summed E-state index contributed by atoms with van der Waals surface area (Å²) >= 11 is 2.43. The number of anilines is 2. The third-order valence-corrected chi connectivity index (χ3v) is 13.3. The van der Waals surface area contributed by atoms with Crippen LogP contribution in [0.1, 0.15) is 27.4 Å². The Balaban J connectivity index is 0.000000174. The second-order valence-electron chi connectivity index (χ2n) is 15.4. The van der Waals surface area contributed by atoms with E-state index in [9.17, 15) is 46.7 Å². The average Bonchev–Trinajstić information content (AvgIpc) is 4.20. The SMILES string of the molecule is COC(=O)c1ccccc1NC(=O)Cn1c(=O)n(Cc2ccco2)c(=O)c2sc3ccccc3c21.O=C(Cn1c(=O)n(Cc2ccco2)c(=O)c2sc3ccccc3c21)Nc1ccccc1C(F)(F)F. The quantitative estimate of drug-likeness (QED) is 0.119. The zero-order valence-electron chi connectivity index (χ0n) is 36.4. The lowest BCUT2D eigenvalue weighted by Gasteiger charge is -2.15. The molecule has 16 nitrogen and oxygen atoms in total. The van der Waals surface area contributed by atoms with Crippen molar-refractivity contribution in [2.75, 3.05) is 17.7 Å². The van der Waals surface area contributed by atoms with Crippen LogP contribution in [0.25, 0.3) is 40.6 Å². The molecule has 6 aromatic heterocycles. The van der Waals surface area contributed by atoms with Crippen molar-refractivity contribution in [3.63, 3.8) is 0 Å². The van der Waals surface area contributed by atoms with Crippen molar-refractivity contribution in [1.29, 1.82) is 0 Å². The summed E-state index contributed by atoms with van der Waals surface area (Å²) in [5, 5.41) is 6.24. The lowest BCUT2D eigenvalue weighted by atomic mass is 10.1. The molecule has 2 N–H and O–H groups in total. The number of nitrogens with one attached hydrogen (secondary N) is 2. The van der Waals surface area contributed by atoms with Crippen LogP contribution in [0, 0.1) is 0 Å². The van der Waals surface area contributed by atoms with Crippen molar-refractivity contribution in [1.82, 2.24) is 18.3 Å². The standard InChI is InChI=1S/C25H19N3O6S.C24H16F3N3O4S/c1-33-24(31)16-8-2-4-10-18(16)26-20(29)14-27-21-17-9-3-5-11-19(17)35-22(21)23(30)28(25(27)32)13-15-7-6-12-34-15;25-24(26,27)16-8-2-3-9-17(16)28-19(31)13-29-20-15-7-1-4-10-18(15)35-21(20)22(32)30(23(29)33)12-14-6-5-11-34-14/h2-12H,13-14H2,1H3,(H,26,29);1-11H,12-13H2,(H,28,31). The molecular weight excluding hydrogens is 954 g/mol. The number of aromatic nitrogens is 4. The Hall–Kier alpha value is -8.56. The number of fused-ring (bicyclic) bond motifs is 6. The third-order valence-electron chi connectivity index (χ3n) is 11.0. The molecule has 0 saturated carbocycles. The lowest BCUT2D eigenvalue weighted by Crippen LogP contribution is -2.41. The molecule has 21 heteroatoms. The van der Waals surface area contributed by atoms with Crippen molar-refractivity contribution in [2.24, 2.45) is 0 Å². The number of esters is 1. The second kappa shape index (κ2) is 19.2. The van der Waals surface area contributed by atoms with Gasteiger partial charge in [0.05, 0.1) is 66.3 Å². The summed E-state index contributed by atoms with van der Waals surface area (Å²) in [5.74, 6) is -1.18. The first kappa shape index (κ1) is 46.5. The second-order valence-corrected chi connectivity index (χ2v) is 17.5. The number of para-hydroxylation sites is 2. The molecular formula is C49H35F3N6O10S2. The largest absolute Gasteiger partial charge is 0.467 e. The van der Waals surface area contributed by atoms with Crippen molar-refractivity contribution in [3.05, 3.63) is 198 Å². The fourth-order valence-corrected chi connectivity index (χ4v) is 10.2. The predicted octanol–water partition coefficient (Wildman–Crippen LogP) is 8.12. The molecule has 6 heterocycles. The Kier molecular flexibility index (Phi) is 12.8. The molecule has 0 aliphatic heterocycles. The van der Waals surface area contributed by atoms with Gasteiger partial charge in [0.25, 0.3) is 11.1 Å². The first-order valence-electron chi connectivity index (χ1n) is 21.0. The number of carbonyl (C=O) groups is 3. The number of carbonyl (C=O) groups excluding carboxylic acids is 3. The highest BCUT2D eigenvalue weighted by molar-refractivity contribution is 7.26. The van der Waals surface area contributed by atoms with Gasteiger partial charge in [-0.15, -0.1) is 22.7 Å². The van der Waals surface area contributed by atoms with Crippen molar-refractivity contribution >= 4 is 92.4 Å². The zero-order valence-corrected chi connectivity index (χ0v) is 38.0. The van der Waals surface area contributed by atoms with E-state index in [0.717, 1.165) is 35.2 Å². The monoisotopic (exact) mass is 988 g/mol. The molecule has 0 atom stereocenters. The van der Waals surface area contributed by atoms with E-state index in [1.807, 2.05) is 24.3 Å². The number of rotatable bonds is 11. The fourth-order valence-electron chi connectivity index (χ4n) is 7.87. The Labute approximate surface area is 398 Å². The Morgan fingerprint density at radius 3 is 1.49 bits per heavy atom. The zero-order chi connectivity index (χ0) is 49.3. The number of alkyl halides is 3. The number of methoxy groups -OCH3 is 1. The van der Waals surface area contributed by atoms with E-state index in [0.29, 0.717) is 32.5 Å². The molecule has 4 aromatic carbocycles. The van der Waals surface area contributed by atoms with Gasteiger partial charge in [0.2, 0.25) is 11.8 Å². The van der Waals surface area contributed by atoms with E-state index in [-0.39, 0.29) is 41.1 Å². The van der Waals surface area contributed by atoms with Crippen LogP contribution in [0.2, 0.25) is 0 Å². The smallest absolute Gasteiger partial charge is 0.418 e. The minimum atomic E-state index is -4.67. The summed E-state index contributed by atoms with van der Waals surface area (Å²) in [6, 6.07) is 31.9. The van der Waals surface area contributed by atoms with Crippen molar-refractivity contribution in [3.8, 4) is 0 Å². The number of amides is 2. The number of furan rings is 2. The normalized spacial score (nSPS) is 11.5. The van der Waals surface area contributed by atoms with E-state index in [1.165, 1.54) is 65.1 Å². The molecule has 0 aliphatic carbocycles. The number of halogens is 3. The van der Waals surface area contributed by atoms with Crippen molar-refractivity contribution < 1.29 is 41.1 Å². The maximum atomic E-state index is 13.5. The van der Waals surface area contributed by atoms with Gasteiger partial charge in [0, 0.05) is 20.2 Å². The predicted molar refractivity (Wildman–Crippen MR) is 258 cm³/mol. The maximum Gasteiger partial charge on any atom is 0.418 e. The van der Waals surface area contributed by atoms with Crippen molar-refractivity contribution in [2.45, 2.75) is 32.4 Å². The Morgan fingerprint density at radius 1 is 0.571 bits per heavy atom. The topological polar surface area (TPSA) is 199 Å². The summed E-state index contributed by atoms with van der Waals surface area (Å²) < 4.78 is 62.0. The number of ether oxygens (including phenoxy) is 1. The molecule has 0 aliphatic rings. The Morgan fingerprint density at radius 2 is 1.01 bits per heavy atom. The van der Waals surface area contributed by atoms with Crippen LogP contribution >= 0.6 is 22.7 Å². The molecule has 0 fully saturated rings. The fraction of sp³-hybridized carbons (Fsp3) is 0.122. The first-order valence-corrected chi connectivity index (χ1v) is 22.6. The van der Waals surface area contributed by atoms with Crippen LogP contribution in [0.4, 0.5) is 24.5 Å². The molecule has 0 radical (unpaired) electrons. The number of nitrogens with zero attached hydrogens (tertiary/aromatic N) is 4. The van der Waals surface area contributed by atoms with Crippen LogP contribution in [0.5, 0.6) is 0 Å². The van der Waals surface area contributed by atoms with Gasteiger partial charge in [-0.2, -0.15) is 13.2 Å². The van der Waals surface area contributed by atoms with Crippen LogP contribution in [0.3, 0.4) is 0 Å². The minimum Gasteiger partial charge on any atom is -0.467 e. The molecule has 0 unspecified atom stereocenters. The Bertz CT molecular complexity index is 3880. The van der Waals surface area contributed by atoms with E-state index >= 15 is 0 Å². The van der Waals surface area contributed by atoms with Crippen LogP contribution in [0.15, 0.2) is 162 Å². The summed E-state index contributed by atoms with van der Waals surface area (Å²) in [7, 11) is 1.25. The molecule has 70 heavy (non-hydrogen) atoms. The summed E-state index contributed by atoms with van der Waals surface area (Å²) in [5.41, 5.74) is -2.74. The number of hydrogen-bond donors (Lipinski definition) is 2. The number of hydrogen-bond acceptors (Lipinski definition) is 12. The molecule has 10 aromatic rings. The van der Waals surface area contributed by atoms with Gasteiger partial charge >= 0.3 is 23.5 Å². The van der Waals surface area contributed by atoms with Crippen LogP contribution in [-0.2, 0) is 46.7 Å². The molecule has 2 amide bonds. The van der Waals surface area contributed by atoms with E-state index < -0.39 is 64.3 Å². The molecule has 0 bridgehead atoms. The van der Waals surface area contributed by atoms with Gasteiger partial charge in [0.15, 0.2) is 0 Å². The van der Waals surface area contributed by atoms with Gasteiger partial charge in [-0.3, -0.25) is 37.4 Å². The van der Waals surface area contributed by atoms with Gasteiger partial charge in [-0.25, -0.2) is 14.4 Å². The highest BCUT2D eigenvalue weighted by Crippen LogP contribution is 2.35. The number of benzene rings is 4. The molecule has 354 valence electrons. The van der Waals surface area contributed by atoms with Gasteiger partial charge in [0.1, 0.15) is 34.0 Å². The lowest BCUT2D eigenvalue weighted by molar-refractivity contribution is -0.137. The molecule has 0 saturated heterocycles. The van der Waals surface area contributed by atoms with Crippen LogP contribution < -0.4 is 33.1 Å². The third kappa shape index (κ3) is 9.09. The highest BCUT2D eigenvalue weighted by Gasteiger charge is 2.34. The van der Waals surface area contributed by atoms with Gasteiger partial charge < -0.3 is 24.2 Å². The molecule has 10 rings (SSSR count). The van der Waals surface area contributed by atoms with E-state index in [4.69, 9.17) is 13.6 Å². The summed E-state index contributed by atoms with van der Waals surface area (Å²) in [6.07, 6.45) is -1.81. The molecule has 0 spiro atoms. The van der Waals surface area contributed by atoms with Gasteiger partial charge in [-0.05, 0) is 60.7 Å². The van der Waals surface area contributed by atoms with Gasteiger partial charge in [-0.1, -0.05) is 60.7 Å². The van der Waals surface area contributed by atoms with Crippen LogP contribution in [-0.4, -0.2) is 43.2 Å². The first-order chi connectivity index (χ1) is 33.7. The minimum absolute atomic E-state index is 0.0678.